The minimum atomic E-state index is 0.847. The first-order valence-corrected chi connectivity index (χ1v) is 5.53. The number of aryl methyl sites for hydroxylation is 1. The van der Waals surface area contributed by atoms with Gasteiger partial charge in [0, 0.05) is 31.0 Å². The predicted octanol–water partition coefficient (Wildman–Crippen LogP) is 2.60. The summed E-state index contributed by atoms with van der Waals surface area (Å²) in [6, 6.07) is 0. The van der Waals surface area contributed by atoms with Crippen molar-refractivity contribution in [1.29, 1.82) is 0 Å². The highest BCUT2D eigenvalue weighted by Gasteiger charge is 2.04. The molecule has 4 nitrogen and oxygen atoms in total. The molecule has 0 saturated heterocycles. The minimum Gasteiger partial charge on any atom is -0.266 e. The lowest BCUT2D eigenvalue weighted by Gasteiger charge is -1.94. The van der Waals surface area contributed by atoms with Gasteiger partial charge in [-0.2, -0.15) is 0 Å². The van der Waals surface area contributed by atoms with E-state index in [1.54, 1.807) is 4.68 Å². The standard InChI is InChI=1S/C10H12N4.C2H6/c1-8-6-9(4-3-5-11-8)10-7-14(2)13-12-10;1-2/h4-7H,3H2,1-2H3;1-2H3. The van der Waals surface area contributed by atoms with Crippen LogP contribution in [0.3, 0.4) is 0 Å². The number of hydrogen-bond acceptors (Lipinski definition) is 3. The molecule has 0 N–H and O–H groups in total. The summed E-state index contributed by atoms with van der Waals surface area (Å²) in [5.74, 6) is 0. The number of rotatable bonds is 1. The lowest BCUT2D eigenvalue weighted by atomic mass is 10.1. The summed E-state index contributed by atoms with van der Waals surface area (Å²) in [6.07, 6.45) is 8.77. The minimum absolute atomic E-state index is 0.847. The average Bonchev–Trinajstić information content (AvgIpc) is 2.60. The Hall–Kier alpha value is -1.71. The van der Waals surface area contributed by atoms with Crippen molar-refractivity contribution in [3.63, 3.8) is 0 Å². The molecular formula is C12H18N4. The van der Waals surface area contributed by atoms with Crippen molar-refractivity contribution in [3.8, 4) is 0 Å². The van der Waals surface area contributed by atoms with E-state index in [2.05, 4.69) is 21.4 Å². The van der Waals surface area contributed by atoms with Crippen molar-refractivity contribution >= 4 is 11.8 Å². The molecule has 2 heterocycles. The van der Waals surface area contributed by atoms with Gasteiger partial charge in [0.05, 0.1) is 6.20 Å². The summed E-state index contributed by atoms with van der Waals surface area (Å²) in [7, 11) is 1.86. The maximum Gasteiger partial charge on any atom is 0.112 e. The molecule has 2 rings (SSSR count). The summed E-state index contributed by atoms with van der Waals surface area (Å²) in [5.41, 5.74) is 2.99. The van der Waals surface area contributed by atoms with E-state index < -0.39 is 0 Å². The summed E-state index contributed by atoms with van der Waals surface area (Å²) in [5, 5.41) is 7.96. The van der Waals surface area contributed by atoms with Crippen molar-refractivity contribution in [3.05, 3.63) is 29.7 Å². The zero-order valence-electron chi connectivity index (χ0n) is 10.3. The molecule has 0 saturated carbocycles. The first kappa shape index (κ1) is 12.4. The van der Waals surface area contributed by atoms with Crippen molar-refractivity contribution in [1.82, 2.24) is 15.0 Å². The predicted molar refractivity (Wildman–Crippen MR) is 67.2 cm³/mol. The maximum atomic E-state index is 4.24. The summed E-state index contributed by atoms with van der Waals surface area (Å²) in [6.45, 7) is 5.98. The molecule has 1 aliphatic heterocycles. The third kappa shape index (κ3) is 3.15. The quantitative estimate of drug-likeness (QED) is 0.727. The van der Waals surface area contributed by atoms with Gasteiger partial charge < -0.3 is 0 Å². The Bertz CT molecular complexity index is 424. The van der Waals surface area contributed by atoms with Gasteiger partial charge in [-0.1, -0.05) is 25.1 Å². The Balaban J connectivity index is 0.000000606. The van der Waals surface area contributed by atoms with Gasteiger partial charge in [0.1, 0.15) is 5.69 Å². The second kappa shape index (κ2) is 6.00. The van der Waals surface area contributed by atoms with E-state index in [1.807, 2.05) is 46.3 Å². The van der Waals surface area contributed by atoms with Crippen LogP contribution in [0.5, 0.6) is 0 Å². The van der Waals surface area contributed by atoms with Gasteiger partial charge in [-0.3, -0.25) is 9.67 Å². The number of hydrogen-bond donors (Lipinski definition) is 0. The highest BCUT2D eigenvalue weighted by atomic mass is 15.4. The highest BCUT2D eigenvalue weighted by molar-refractivity contribution is 5.77. The van der Waals surface area contributed by atoms with Crippen LogP contribution in [0.4, 0.5) is 0 Å². The molecule has 1 aromatic heterocycles. The van der Waals surface area contributed by atoms with E-state index in [4.69, 9.17) is 0 Å². The lowest BCUT2D eigenvalue weighted by Crippen LogP contribution is -1.85. The first-order chi connectivity index (χ1) is 7.75. The van der Waals surface area contributed by atoms with Gasteiger partial charge >= 0.3 is 0 Å². The molecule has 1 aliphatic rings. The molecule has 0 spiro atoms. The molecule has 0 aromatic carbocycles. The van der Waals surface area contributed by atoms with Crippen LogP contribution in [-0.4, -0.2) is 21.2 Å². The van der Waals surface area contributed by atoms with E-state index in [0.717, 1.165) is 23.4 Å². The van der Waals surface area contributed by atoms with Crippen molar-refractivity contribution in [2.24, 2.45) is 12.0 Å². The summed E-state index contributed by atoms with van der Waals surface area (Å²) < 4.78 is 1.70. The molecule has 0 bridgehead atoms. The number of allylic oxidation sites excluding steroid dienone is 4. The number of nitrogens with zero attached hydrogens (tertiary/aromatic N) is 4. The van der Waals surface area contributed by atoms with Crippen LogP contribution in [0.2, 0.25) is 0 Å². The molecule has 0 unspecified atom stereocenters. The number of aromatic nitrogens is 3. The summed E-state index contributed by atoms with van der Waals surface area (Å²) >= 11 is 0. The Kier molecular flexibility index (Phi) is 4.64. The molecule has 1 aromatic rings. The maximum absolute atomic E-state index is 4.24. The van der Waals surface area contributed by atoms with Crippen LogP contribution in [0, 0.1) is 0 Å². The van der Waals surface area contributed by atoms with Gasteiger partial charge in [-0.05, 0) is 13.0 Å². The Morgan fingerprint density at radius 3 is 2.69 bits per heavy atom. The van der Waals surface area contributed by atoms with Gasteiger partial charge in [-0.15, -0.1) is 5.10 Å². The number of aliphatic imine (C=N–C) groups is 1. The fraction of sp³-hybridized carbons (Fsp3) is 0.417. The van der Waals surface area contributed by atoms with Gasteiger partial charge in [-0.25, -0.2) is 0 Å². The molecule has 0 amide bonds. The third-order valence-corrected chi connectivity index (χ3v) is 2.00. The zero-order chi connectivity index (χ0) is 12.0. The normalized spacial score (nSPS) is 14.5. The van der Waals surface area contributed by atoms with Crippen molar-refractivity contribution in [2.75, 3.05) is 0 Å². The fourth-order valence-corrected chi connectivity index (χ4v) is 1.36. The Labute approximate surface area is 96.4 Å². The van der Waals surface area contributed by atoms with Crippen LogP contribution >= 0.6 is 0 Å². The molecule has 0 atom stereocenters. The molecular weight excluding hydrogens is 200 g/mol. The fourth-order valence-electron chi connectivity index (χ4n) is 1.36. The molecule has 0 radical (unpaired) electrons. The van der Waals surface area contributed by atoms with Crippen LogP contribution in [0.15, 0.2) is 29.0 Å². The van der Waals surface area contributed by atoms with Crippen LogP contribution in [-0.2, 0) is 7.05 Å². The monoisotopic (exact) mass is 218 g/mol. The summed E-state index contributed by atoms with van der Waals surface area (Å²) in [4.78, 5) is 4.24. The SMILES string of the molecule is CC.CC1=CC(c2cn(C)nn2)=CCC=N1. The first-order valence-electron chi connectivity index (χ1n) is 5.53. The Morgan fingerprint density at radius 2 is 2.06 bits per heavy atom. The smallest absolute Gasteiger partial charge is 0.112 e. The molecule has 0 aliphatic carbocycles. The molecule has 4 heteroatoms. The lowest BCUT2D eigenvalue weighted by molar-refractivity contribution is 0.714. The molecule has 16 heavy (non-hydrogen) atoms. The van der Waals surface area contributed by atoms with Crippen LogP contribution in [0.1, 0.15) is 32.9 Å². The van der Waals surface area contributed by atoms with Gasteiger partial charge in [0.15, 0.2) is 0 Å². The highest BCUT2D eigenvalue weighted by Crippen LogP contribution is 2.17. The Morgan fingerprint density at radius 1 is 1.31 bits per heavy atom. The van der Waals surface area contributed by atoms with Gasteiger partial charge in [0.2, 0.25) is 0 Å². The van der Waals surface area contributed by atoms with E-state index in [1.165, 1.54) is 0 Å². The average molecular weight is 218 g/mol. The molecule has 86 valence electrons. The van der Waals surface area contributed by atoms with E-state index in [-0.39, 0.29) is 0 Å². The van der Waals surface area contributed by atoms with Crippen LogP contribution < -0.4 is 0 Å². The van der Waals surface area contributed by atoms with E-state index >= 15 is 0 Å². The van der Waals surface area contributed by atoms with E-state index in [0.29, 0.717) is 0 Å². The van der Waals surface area contributed by atoms with E-state index in [9.17, 15) is 0 Å². The topological polar surface area (TPSA) is 43.1 Å². The van der Waals surface area contributed by atoms with Crippen LogP contribution in [0.25, 0.3) is 5.57 Å². The van der Waals surface area contributed by atoms with Gasteiger partial charge in [0.25, 0.3) is 0 Å². The second-order valence-electron chi connectivity index (χ2n) is 3.27. The largest absolute Gasteiger partial charge is 0.266 e. The zero-order valence-corrected chi connectivity index (χ0v) is 10.3. The second-order valence-corrected chi connectivity index (χ2v) is 3.27. The van der Waals surface area contributed by atoms with Crippen molar-refractivity contribution in [2.45, 2.75) is 27.2 Å². The third-order valence-electron chi connectivity index (χ3n) is 2.00. The molecule has 0 fully saturated rings. The van der Waals surface area contributed by atoms with Crippen molar-refractivity contribution < 1.29 is 0 Å².